The Kier molecular flexibility index (Phi) is 5.16. The number of carbonyl (C=O) groups excluding carboxylic acids is 1. The van der Waals surface area contributed by atoms with E-state index in [1.165, 1.54) is 6.07 Å². The van der Waals surface area contributed by atoms with Gasteiger partial charge in [0.25, 0.3) is 5.91 Å². The molecule has 1 aliphatic rings. The summed E-state index contributed by atoms with van der Waals surface area (Å²) >= 11 is 3.26. The molecule has 1 aliphatic carbocycles. The van der Waals surface area contributed by atoms with Crippen LogP contribution in [0.3, 0.4) is 0 Å². The second-order valence-electron chi connectivity index (χ2n) is 5.31. The van der Waals surface area contributed by atoms with Crippen molar-refractivity contribution in [2.75, 3.05) is 14.1 Å². The largest absolute Gasteiger partial charge is 0.339 e. The van der Waals surface area contributed by atoms with Crippen LogP contribution in [0.1, 0.15) is 36.0 Å². The Hall–Kier alpha value is -0.940. The van der Waals surface area contributed by atoms with Crippen LogP contribution in [-0.2, 0) is 0 Å². The molecular weight excluding hydrogens is 323 g/mol. The van der Waals surface area contributed by atoms with Crippen molar-refractivity contribution in [1.82, 2.24) is 10.2 Å². The van der Waals surface area contributed by atoms with E-state index >= 15 is 0 Å². The number of nitrogens with one attached hydrogen (secondary N) is 1. The first-order chi connectivity index (χ1) is 9.54. The summed E-state index contributed by atoms with van der Waals surface area (Å²) in [7, 11) is 3.74. The van der Waals surface area contributed by atoms with Gasteiger partial charge in [0.1, 0.15) is 5.82 Å². The summed E-state index contributed by atoms with van der Waals surface area (Å²) in [6.07, 6.45) is 4.02. The predicted octanol–water partition coefficient (Wildman–Crippen LogP) is 3.19. The van der Waals surface area contributed by atoms with E-state index in [9.17, 15) is 9.18 Å². The maximum Gasteiger partial charge on any atom is 0.257 e. The highest BCUT2D eigenvalue weighted by Crippen LogP contribution is 2.26. The van der Waals surface area contributed by atoms with Crippen molar-refractivity contribution in [2.45, 2.75) is 37.8 Å². The van der Waals surface area contributed by atoms with Crippen LogP contribution in [0.5, 0.6) is 0 Å². The first kappa shape index (κ1) is 15.4. The lowest BCUT2D eigenvalue weighted by molar-refractivity contribution is 0.0680. The Balaban J connectivity index is 2.10. The summed E-state index contributed by atoms with van der Waals surface area (Å²) < 4.78 is 14.4. The highest BCUT2D eigenvalue weighted by atomic mass is 79.9. The third-order valence-corrected chi connectivity index (χ3v) is 4.81. The number of carbonyl (C=O) groups is 1. The summed E-state index contributed by atoms with van der Waals surface area (Å²) in [4.78, 5) is 14.2. The lowest BCUT2D eigenvalue weighted by atomic mass is 9.90. The molecule has 2 rings (SSSR count). The molecule has 3 nitrogen and oxygen atoms in total. The molecule has 1 N–H and O–H groups in total. The first-order valence-electron chi connectivity index (χ1n) is 6.93. The molecule has 0 aromatic heterocycles. The molecule has 1 amide bonds. The van der Waals surface area contributed by atoms with Gasteiger partial charge in [-0.15, -0.1) is 0 Å². The topological polar surface area (TPSA) is 32.3 Å². The molecule has 5 heteroatoms. The van der Waals surface area contributed by atoms with Crippen molar-refractivity contribution in [3.8, 4) is 0 Å². The van der Waals surface area contributed by atoms with E-state index in [1.807, 2.05) is 7.05 Å². The van der Waals surface area contributed by atoms with E-state index in [-0.39, 0.29) is 17.5 Å². The van der Waals surface area contributed by atoms with Gasteiger partial charge in [0, 0.05) is 23.6 Å². The minimum absolute atomic E-state index is 0.130. The molecule has 1 aromatic carbocycles. The number of hydrogen-bond acceptors (Lipinski definition) is 2. The fraction of sp³-hybridized carbons (Fsp3) is 0.533. The number of rotatable bonds is 3. The van der Waals surface area contributed by atoms with Crippen LogP contribution in [0, 0.1) is 5.82 Å². The van der Waals surface area contributed by atoms with Crippen LogP contribution in [0.15, 0.2) is 22.7 Å². The van der Waals surface area contributed by atoms with Gasteiger partial charge in [-0.2, -0.15) is 0 Å². The Morgan fingerprint density at radius 1 is 1.35 bits per heavy atom. The summed E-state index contributed by atoms with van der Waals surface area (Å²) in [5.41, 5.74) is 0.130. The number of nitrogens with zero attached hydrogens (tertiary/aromatic N) is 1. The van der Waals surface area contributed by atoms with E-state index in [0.29, 0.717) is 10.5 Å². The highest BCUT2D eigenvalue weighted by Gasteiger charge is 2.28. The maximum absolute atomic E-state index is 13.9. The van der Waals surface area contributed by atoms with E-state index in [4.69, 9.17) is 0 Å². The highest BCUT2D eigenvalue weighted by molar-refractivity contribution is 9.10. The zero-order valence-corrected chi connectivity index (χ0v) is 13.4. The Morgan fingerprint density at radius 2 is 2.00 bits per heavy atom. The second-order valence-corrected chi connectivity index (χ2v) is 6.16. The molecule has 110 valence electrons. The molecule has 1 aromatic rings. The van der Waals surface area contributed by atoms with Gasteiger partial charge >= 0.3 is 0 Å². The van der Waals surface area contributed by atoms with Gasteiger partial charge in [-0.25, -0.2) is 4.39 Å². The standard InChI is InChI=1S/C15H20BrFN2O/c1-18-10-6-8-11(9-7-10)19(2)15(20)14-12(16)4-3-5-13(14)17/h3-5,10-11,18H,6-9H2,1-2H3. The fourth-order valence-electron chi connectivity index (χ4n) is 2.80. The number of benzene rings is 1. The van der Waals surface area contributed by atoms with Crippen LogP contribution in [-0.4, -0.2) is 37.0 Å². The van der Waals surface area contributed by atoms with Crippen LogP contribution >= 0.6 is 15.9 Å². The minimum Gasteiger partial charge on any atom is -0.339 e. The third-order valence-electron chi connectivity index (χ3n) is 4.15. The van der Waals surface area contributed by atoms with E-state index in [0.717, 1.165) is 25.7 Å². The van der Waals surface area contributed by atoms with E-state index < -0.39 is 5.82 Å². The normalized spacial score (nSPS) is 22.6. The van der Waals surface area contributed by atoms with Gasteiger partial charge in [-0.05, 0) is 60.8 Å². The van der Waals surface area contributed by atoms with Crippen molar-refractivity contribution in [3.63, 3.8) is 0 Å². The lowest BCUT2D eigenvalue weighted by Gasteiger charge is -2.34. The molecule has 0 radical (unpaired) electrons. The van der Waals surface area contributed by atoms with Gasteiger partial charge in [-0.3, -0.25) is 4.79 Å². The molecule has 0 aliphatic heterocycles. The third kappa shape index (κ3) is 3.20. The predicted molar refractivity (Wildman–Crippen MR) is 81.3 cm³/mol. The zero-order valence-electron chi connectivity index (χ0n) is 11.8. The average Bonchev–Trinajstić information content (AvgIpc) is 2.46. The molecule has 0 saturated heterocycles. The summed E-state index contributed by atoms with van der Waals surface area (Å²) in [5.74, 6) is -0.719. The van der Waals surface area contributed by atoms with E-state index in [1.54, 1.807) is 24.1 Å². The molecular formula is C15H20BrFN2O. The summed E-state index contributed by atoms with van der Waals surface area (Å²) in [6, 6.07) is 5.34. The average molecular weight is 343 g/mol. The molecule has 1 saturated carbocycles. The Morgan fingerprint density at radius 3 is 2.55 bits per heavy atom. The first-order valence-corrected chi connectivity index (χ1v) is 7.72. The maximum atomic E-state index is 13.9. The molecule has 0 atom stereocenters. The Bertz CT molecular complexity index is 467. The molecule has 0 heterocycles. The SMILES string of the molecule is CNC1CCC(N(C)C(=O)c2c(F)cccc2Br)CC1. The van der Waals surface area contributed by atoms with Crippen molar-refractivity contribution >= 4 is 21.8 Å². The van der Waals surface area contributed by atoms with Crippen LogP contribution in [0.25, 0.3) is 0 Å². The monoisotopic (exact) mass is 342 g/mol. The minimum atomic E-state index is -0.472. The van der Waals surface area contributed by atoms with Gasteiger partial charge in [0.15, 0.2) is 0 Å². The quantitative estimate of drug-likeness (QED) is 0.914. The van der Waals surface area contributed by atoms with Crippen molar-refractivity contribution in [2.24, 2.45) is 0 Å². The molecule has 1 fully saturated rings. The van der Waals surface area contributed by atoms with Gasteiger partial charge in [-0.1, -0.05) is 6.07 Å². The number of hydrogen-bond donors (Lipinski definition) is 1. The lowest BCUT2D eigenvalue weighted by Crippen LogP contribution is -2.42. The van der Waals surface area contributed by atoms with E-state index in [2.05, 4.69) is 21.2 Å². The molecule has 0 spiro atoms. The molecule has 20 heavy (non-hydrogen) atoms. The van der Waals surface area contributed by atoms with Gasteiger partial charge in [0.05, 0.1) is 5.56 Å². The van der Waals surface area contributed by atoms with Crippen LogP contribution in [0.2, 0.25) is 0 Å². The van der Waals surface area contributed by atoms with Crippen molar-refractivity contribution in [1.29, 1.82) is 0 Å². The summed E-state index contributed by atoms with van der Waals surface area (Å²) in [6.45, 7) is 0. The molecule has 0 bridgehead atoms. The van der Waals surface area contributed by atoms with Crippen molar-refractivity contribution in [3.05, 3.63) is 34.1 Å². The van der Waals surface area contributed by atoms with Crippen LogP contribution < -0.4 is 5.32 Å². The Labute approximate surface area is 127 Å². The van der Waals surface area contributed by atoms with Crippen LogP contribution in [0.4, 0.5) is 4.39 Å². The van der Waals surface area contributed by atoms with Crippen molar-refractivity contribution < 1.29 is 9.18 Å². The van der Waals surface area contributed by atoms with Gasteiger partial charge < -0.3 is 10.2 Å². The molecule has 0 unspecified atom stereocenters. The fourth-order valence-corrected chi connectivity index (χ4v) is 3.31. The number of amides is 1. The zero-order chi connectivity index (χ0) is 14.7. The summed E-state index contributed by atoms with van der Waals surface area (Å²) in [5, 5.41) is 3.27. The number of halogens is 2. The van der Waals surface area contributed by atoms with Gasteiger partial charge in [0.2, 0.25) is 0 Å². The second kappa shape index (κ2) is 6.68. The smallest absolute Gasteiger partial charge is 0.257 e.